The number of hydrogen-bond acceptors (Lipinski definition) is 4. The Morgan fingerprint density at radius 1 is 1.52 bits per heavy atom. The molecular weight excluding hydrogens is 362 g/mol. The van der Waals surface area contributed by atoms with Crippen LogP contribution in [-0.4, -0.2) is 30.0 Å². The van der Waals surface area contributed by atoms with E-state index in [9.17, 15) is 14.9 Å². The van der Waals surface area contributed by atoms with Gasteiger partial charge in [0.25, 0.3) is 11.6 Å². The Kier molecular flexibility index (Phi) is 6.57. The predicted octanol–water partition coefficient (Wildman–Crippen LogP) is 2.51. The molecule has 0 spiro atoms. The quantitative estimate of drug-likeness (QED) is 0.625. The number of nitrogens with zero attached hydrogens (tertiary/aromatic N) is 1. The summed E-state index contributed by atoms with van der Waals surface area (Å²) in [5.41, 5.74) is 0.380. The summed E-state index contributed by atoms with van der Waals surface area (Å²) in [6, 6.07) is 4.29. The molecule has 8 heteroatoms. The van der Waals surface area contributed by atoms with Gasteiger partial charge in [0, 0.05) is 22.6 Å². The van der Waals surface area contributed by atoms with Crippen LogP contribution in [0.1, 0.15) is 23.7 Å². The van der Waals surface area contributed by atoms with Crippen molar-refractivity contribution >= 4 is 39.9 Å². The minimum absolute atomic E-state index is 0. The molecule has 0 saturated carbocycles. The lowest BCUT2D eigenvalue weighted by atomic mass is 9.95. The molecule has 1 aromatic rings. The summed E-state index contributed by atoms with van der Waals surface area (Å²) in [7, 11) is 0. The van der Waals surface area contributed by atoms with Crippen LogP contribution in [0.15, 0.2) is 22.7 Å². The first kappa shape index (κ1) is 17.9. The number of carbonyl (C=O) groups excluding carboxylic acids is 1. The zero-order valence-electron chi connectivity index (χ0n) is 11.5. The van der Waals surface area contributed by atoms with Gasteiger partial charge >= 0.3 is 0 Å². The Bertz CT molecular complexity index is 541. The lowest BCUT2D eigenvalue weighted by Gasteiger charge is -2.30. The molecule has 1 aliphatic heterocycles. The largest absolute Gasteiger partial charge is 0.349 e. The number of nitro benzene ring substituents is 1. The van der Waals surface area contributed by atoms with Crippen LogP contribution in [0, 0.1) is 16.0 Å². The maximum Gasteiger partial charge on any atom is 0.270 e. The van der Waals surface area contributed by atoms with Crippen molar-refractivity contribution in [2.45, 2.75) is 19.4 Å². The molecule has 21 heavy (non-hydrogen) atoms. The Hall–Kier alpha value is -1.18. The highest BCUT2D eigenvalue weighted by Gasteiger charge is 2.24. The number of rotatable bonds is 3. The molecule has 1 aromatic carbocycles. The third kappa shape index (κ3) is 4.39. The number of nitrogens with one attached hydrogen (secondary N) is 2. The third-order valence-corrected chi connectivity index (χ3v) is 4.17. The lowest BCUT2D eigenvalue weighted by Crippen LogP contribution is -2.48. The van der Waals surface area contributed by atoms with E-state index in [2.05, 4.69) is 33.5 Å². The smallest absolute Gasteiger partial charge is 0.270 e. The maximum absolute atomic E-state index is 12.2. The van der Waals surface area contributed by atoms with Crippen molar-refractivity contribution < 1.29 is 9.72 Å². The van der Waals surface area contributed by atoms with Crippen LogP contribution in [0.2, 0.25) is 0 Å². The van der Waals surface area contributed by atoms with Crippen LogP contribution in [0.4, 0.5) is 5.69 Å². The summed E-state index contributed by atoms with van der Waals surface area (Å²) in [5.74, 6) is 0.162. The van der Waals surface area contributed by atoms with Gasteiger partial charge < -0.3 is 10.6 Å². The molecule has 1 aliphatic rings. The number of halogens is 2. The van der Waals surface area contributed by atoms with E-state index >= 15 is 0 Å². The highest BCUT2D eigenvalue weighted by molar-refractivity contribution is 9.10. The van der Waals surface area contributed by atoms with E-state index in [1.54, 1.807) is 0 Å². The summed E-state index contributed by atoms with van der Waals surface area (Å²) < 4.78 is 0.436. The molecule has 0 bridgehead atoms. The van der Waals surface area contributed by atoms with Crippen molar-refractivity contribution in [3.63, 3.8) is 0 Å². The Morgan fingerprint density at radius 3 is 2.81 bits per heavy atom. The van der Waals surface area contributed by atoms with Crippen molar-refractivity contribution in [3.8, 4) is 0 Å². The van der Waals surface area contributed by atoms with Gasteiger partial charge in [0.15, 0.2) is 0 Å². The first-order valence-electron chi connectivity index (χ1n) is 6.44. The second kappa shape index (κ2) is 7.72. The van der Waals surface area contributed by atoms with Crippen molar-refractivity contribution in [2.24, 2.45) is 5.92 Å². The Morgan fingerprint density at radius 2 is 2.24 bits per heavy atom. The van der Waals surface area contributed by atoms with Crippen LogP contribution in [-0.2, 0) is 0 Å². The Balaban J connectivity index is 0.00000220. The zero-order chi connectivity index (χ0) is 14.7. The fourth-order valence-electron chi connectivity index (χ4n) is 2.28. The van der Waals surface area contributed by atoms with Gasteiger partial charge in [0.1, 0.15) is 0 Å². The maximum atomic E-state index is 12.2. The van der Waals surface area contributed by atoms with Crippen LogP contribution < -0.4 is 10.6 Å². The summed E-state index contributed by atoms with van der Waals surface area (Å²) >= 11 is 3.22. The molecule has 0 aromatic heterocycles. The van der Waals surface area contributed by atoms with E-state index in [0.29, 0.717) is 16.0 Å². The molecule has 2 unspecified atom stereocenters. The number of benzene rings is 1. The number of carbonyl (C=O) groups is 1. The van der Waals surface area contributed by atoms with Crippen molar-refractivity contribution in [1.29, 1.82) is 0 Å². The minimum atomic E-state index is -0.485. The molecule has 2 rings (SSSR count). The van der Waals surface area contributed by atoms with Gasteiger partial charge in [-0.15, -0.1) is 12.4 Å². The van der Waals surface area contributed by atoms with Crippen LogP contribution >= 0.6 is 28.3 Å². The summed E-state index contributed by atoms with van der Waals surface area (Å²) in [6.07, 6.45) is 0.886. The molecule has 0 radical (unpaired) electrons. The van der Waals surface area contributed by atoms with E-state index < -0.39 is 4.92 Å². The number of non-ortho nitro benzene ring substituents is 1. The van der Waals surface area contributed by atoms with E-state index in [4.69, 9.17) is 0 Å². The van der Waals surface area contributed by atoms with E-state index in [0.717, 1.165) is 19.5 Å². The topological polar surface area (TPSA) is 84.3 Å². The molecule has 6 nitrogen and oxygen atoms in total. The molecule has 2 atom stereocenters. The molecule has 1 amide bonds. The predicted molar refractivity (Wildman–Crippen MR) is 85.9 cm³/mol. The number of amides is 1. The average molecular weight is 379 g/mol. The molecule has 1 fully saturated rings. The zero-order valence-corrected chi connectivity index (χ0v) is 13.9. The number of nitro groups is 1. The van der Waals surface area contributed by atoms with Crippen LogP contribution in [0.5, 0.6) is 0 Å². The third-order valence-electron chi connectivity index (χ3n) is 3.51. The van der Waals surface area contributed by atoms with Gasteiger partial charge in [-0.1, -0.05) is 6.92 Å². The summed E-state index contributed by atoms with van der Waals surface area (Å²) in [4.78, 5) is 22.4. The van der Waals surface area contributed by atoms with Crippen molar-refractivity contribution in [2.75, 3.05) is 13.1 Å². The van der Waals surface area contributed by atoms with E-state index in [1.807, 2.05) is 0 Å². The van der Waals surface area contributed by atoms with Gasteiger partial charge in [-0.3, -0.25) is 14.9 Å². The van der Waals surface area contributed by atoms with Crippen molar-refractivity contribution in [1.82, 2.24) is 10.6 Å². The Labute approximate surface area is 137 Å². The molecule has 2 N–H and O–H groups in total. The monoisotopic (exact) mass is 377 g/mol. The highest BCUT2D eigenvalue weighted by atomic mass is 79.9. The fraction of sp³-hybridized carbons (Fsp3) is 0.462. The summed E-state index contributed by atoms with van der Waals surface area (Å²) in [5, 5.41) is 16.9. The van der Waals surface area contributed by atoms with Crippen LogP contribution in [0.3, 0.4) is 0 Å². The van der Waals surface area contributed by atoms with Crippen LogP contribution in [0.25, 0.3) is 0 Å². The van der Waals surface area contributed by atoms with Crippen molar-refractivity contribution in [3.05, 3.63) is 38.3 Å². The van der Waals surface area contributed by atoms with Gasteiger partial charge in [0.05, 0.1) is 10.5 Å². The summed E-state index contributed by atoms with van der Waals surface area (Å²) in [6.45, 7) is 3.85. The standard InChI is InChI=1S/C13H16BrN3O3.ClH/c1-8-7-15-5-4-12(8)16-13(18)10-3-2-9(17(19)20)6-11(10)14;/h2-3,6,8,12,15H,4-5,7H2,1H3,(H,16,18);1H. The van der Waals surface area contributed by atoms with E-state index in [-0.39, 0.29) is 30.0 Å². The minimum Gasteiger partial charge on any atom is -0.349 e. The average Bonchev–Trinajstić information content (AvgIpc) is 2.41. The second-order valence-electron chi connectivity index (χ2n) is 4.97. The fourth-order valence-corrected chi connectivity index (χ4v) is 2.82. The first-order valence-corrected chi connectivity index (χ1v) is 7.24. The van der Waals surface area contributed by atoms with Gasteiger partial charge in [0.2, 0.25) is 0 Å². The molecule has 0 aliphatic carbocycles. The van der Waals surface area contributed by atoms with E-state index in [1.165, 1.54) is 18.2 Å². The van der Waals surface area contributed by atoms with Gasteiger partial charge in [-0.2, -0.15) is 0 Å². The van der Waals surface area contributed by atoms with Gasteiger partial charge in [-0.25, -0.2) is 0 Å². The van der Waals surface area contributed by atoms with Gasteiger partial charge in [-0.05, 0) is 47.4 Å². The number of piperidine rings is 1. The number of hydrogen-bond donors (Lipinski definition) is 2. The highest BCUT2D eigenvalue weighted by Crippen LogP contribution is 2.23. The molecule has 1 heterocycles. The lowest BCUT2D eigenvalue weighted by molar-refractivity contribution is -0.384. The normalized spacial score (nSPS) is 21.2. The SMILES string of the molecule is CC1CNCCC1NC(=O)c1ccc([N+](=O)[O-])cc1Br.Cl. The molecular formula is C13H17BrClN3O3. The first-order chi connectivity index (χ1) is 9.49. The second-order valence-corrected chi connectivity index (χ2v) is 5.83. The molecule has 1 saturated heterocycles. The molecule has 116 valence electrons.